The highest BCUT2D eigenvalue weighted by atomic mass is 79.9. The molecule has 1 saturated carbocycles. The maximum atomic E-state index is 13.2. The van der Waals surface area contributed by atoms with Crippen molar-refractivity contribution in [3.05, 3.63) is 50.9 Å². The minimum atomic E-state index is -2.60. The van der Waals surface area contributed by atoms with Gasteiger partial charge in [0.25, 0.3) is 0 Å². The highest BCUT2D eigenvalue weighted by Gasteiger charge is 2.37. The van der Waals surface area contributed by atoms with Gasteiger partial charge in [-0.05, 0) is 62.6 Å². The van der Waals surface area contributed by atoms with E-state index < -0.39 is 5.92 Å². The van der Waals surface area contributed by atoms with Crippen molar-refractivity contribution in [2.24, 2.45) is 5.92 Å². The molecule has 2 aromatic carbocycles. The lowest BCUT2D eigenvalue weighted by Gasteiger charge is -2.27. The van der Waals surface area contributed by atoms with Crippen LogP contribution in [0.2, 0.25) is 0 Å². The van der Waals surface area contributed by atoms with Crippen LogP contribution < -0.4 is 16.4 Å². The molecule has 10 heteroatoms. The molecule has 0 amide bonds. The summed E-state index contributed by atoms with van der Waals surface area (Å²) in [6, 6.07) is 11.5. The Bertz CT molecular complexity index is 1000. The van der Waals surface area contributed by atoms with Crippen LogP contribution in [0.25, 0.3) is 0 Å². The van der Waals surface area contributed by atoms with Crippen molar-refractivity contribution in [1.29, 1.82) is 0 Å². The normalized spacial score (nSPS) is 14.9. The highest BCUT2D eigenvalue weighted by Crippen LogP contribution is 2.37. The Hall–Kier alpha value is -1.75. The lowest BCUT2D eigenvalue weighted by Crippen LogP contribution is -2.29. The van der Waals surface area contributed by atoms with Crippen LogP contribution in [0.5, 0.6) is 0 Å². The second-order valence-electron chi connectivity index (χ2n) is 9.05. The van der Waals surface area contributed by atoms with Crippen molar-refractivity contribution < 1.29 is 23.0 Å². The van der Waals surface area contributed by atoms with Crippen molar-refractivity contribution >= 4 is 54.7 Å². The highest BCUT2D eigenvalue weighted by molar-refractivity contribution is 9.10. The predicted molar refractivity (Wildman–Crippen MR) is 158 cm³/mol. The van der Waals surface area contributed by atoms with E-state index in [9.17, 15) is 13.6 Å². The molecule has 212 valence electrons. The Balaban J connectivity index is 0.000000308. The number of benzene rings is 2. The zero-order valence-corrected chi connectivity index (χ0v) is 25.3. The number of carbonyl (C=O) groups excluding carboxylic acids is 1. The van der Waals surface area contributed by atoms with Gasteiger partial charge in [0.15, 0.2) is 0 Å². The summed E-state index contributed by atoms with van der Waals surface area (Å²) in [4.78, 5) is 12.5. The molecule has 0 aliphatic heterocycles. The first-order valence-electron chi connectivity index (χ1n) is 13.0. The molecule has 3 rings (SSSR count). The van der Waals surface area contributed by atoms with Crippen molar-refractivity contribution in [2.45, 2.75) is 51.9 Å². The molecule has 1 aliphatic carbocycles. The average molecular weight is 663 g/mol. The van der Waals surface area contributed by atoms with E-state index >= 15 is 0 Å². The number of ether oxygens (including phenoxy) is 2. The molecule has 0 atom stereocenters. The molecule has 0 heterocycles. The van der Waals surface area contributed by atoms with E-state index in [1.165, 1.54) is 0 Å². The summed E-state index contributed by atoms with van der Waals surface area (Å²) in [6.45, 7) is 8.05. The van der Waals surface area contributed by atoms with Gasteiger partial charge in [0.2, 0.25) is 5.92 Å². The number of hydrogen-bond donors (Lipinski definition) is 3. The molecule has 0 unspecified atom stereocenters. The number of hydrogen-bond acceptors (Lipinski definition) is 6. The second kappa shape index (κ2) is 17.0. The van der Waals surface area contributed by atoms with Crippen molar-refractivity contribution in [1.82, 2.24) is 0 Å². The average Bonchev–Trinajstić information content (AvgIpc) is 2.88. The molecule has 4 N–H and O–H groups in total. The molecule has 1 aliphatic rings. The molecule has 0 bridgehead atoms. The SMILES string of the molecule is CCOCCNc1cc(Br)ccc1CC(=O)C1CCC(F)(F)CC1.CCOCCNc1cc(Br)ccc1N. The molecule has 38 heavy (non-hydrogen) atoms. The van der Waals surface area contributed by atoms with Gasteiger partial charge in [-0.25, -0.2) is 8.78 Å². The summed E-state index contributed by atoms with van der Waals surface area (Å²) in [5.74, 6) is -2.79. The van der Waals surface area contributed by atoms with Gasteiger partial charge < -0.3 is 25.8 Å². The third-order valence-electron chi connectivity index (χ3n) is 6.16. The first-order chi connectivity index (χ1) is 18.1. The number of anilines is 3. The minimum absolute atomic E-state index is 0.0562. The second-order valence-corrected chi connectivity index (χ2v) is 10.9. The molecule has 6 nitrogen and oxygen atoms in total. The Morgan fingerprint density at radius 3 is 2.05 bits per heavy atom. The number of carbonyl (C=O) groups is 1. The van der Waals surface area contributed by atoms with Gasteiger partial charge in [0, 0.05) is 66.1 Å². The van der Waals surface area contributed by atoms with Crippen molar-refractivity contribution in [3.8, 4) is 0 Å². The summed E-state index contributed by atoms with van der Waals surface area (Å²) >= 11 is 6.83. The summed E-state index contributed by atoms with van der Waals surface area (Å²) < 4.78 is 38.9. The predicted octanol–water partition coefficient (Wildman–Crippen LogP) is 7.31. The van der Waals surface area contributed by atoms with E-state index in [-0.39, 0.29) is 43.8 Å². The number of ketones is 1. The topological polar surface area (TPSA) is 85.6 Å². The fraction of sp³-hybridized carbons (Fsp3) is 0.536. The minimum Gasteiger partial charge on any atom is -0.397 e. The van der Waals surface area contributed by atoms with Crippen LogP contribution >= 0.6 is 31.9 Å². The third-order valence-corrected chi connectivity index (χ3v) is 7.14. The Labute approximate surface area is 241 Å². The number of nitrogens with one attached hydrogen (secondary N) is 2. The van der Waals surface area contributed by atoms with Crippen LogP contribution in [0, 0.1) is 5.92 Å². The molecular formula is C28H39Br2F2N3O3. The number of nitrogen functional groups attached to an aromatic ring is 1. The molecule has 0 spiro atoms. The molecule has 0 saturated heterocycles. The fourth-order valence-electron chi connectivity index (χ4n) is 4.05. The van der Waals surface area contributed by atoms with Gasteiger partial charge in [-0.3, -0.25) is 4.79 Å². The summed E-state index contributed by atoms with van der Waals surface area (Å²) in [5.41, 5.74) is 9.27. The van der Waals surface area contributed by atoms with E-state index in [4.69, 9.17) is 15.2 Å². The van der Waals surface area contributed by atoms with Crippen LogP contribution in [-0.2, 0) is 20.7 Å². The quantitative estimate of drug-likeness (QED) is 0.154. The molecule has 0 aromatic heterocycles. The maximum absolute atomic E-state index is 13.2. The Morgan fingerprint density at radius 1 is 0.947 bits per heavy atom. The fourth-order valence-corrected chi connectivity index (χ4v) is 4.77. The van der Waals surface area contributed by atoms with E-state index in [1.54, 1.807) is 0 Å². The lowest BCUT2D eigenvalue weighted by atomic mass is 9.82. The van der Waals surface area contributed by atoms with E-state index in [1.807, 2.05) is 50.2 Å². The zero-order valence-electron chi connectivity index (χ0n) is 22.1. The van der Waals surface area contributed by atoms with Crippen LogP contribution in [-0.4, -0.2) is 51.2 Å². The Morgan fingerprint density at radius 2 is 1.47 bits per heavy atom. The molecule has 0 radical (unpaired) electrons. The number of nitrogens with two attached hydrogens (primary N) is 1. The maximum Gasteiger partial charge on any atom is 0.248 e. The summed E-state index contributed by atoms with van der Waals surface area (Å²) in [7, 11) is 0. The van der Waals surface area contributed by atoms with Crippen LogP contribution in [0.1, 0.15) is 45.1 Å². The van der Waals surface area contributed by atoms with Gasteiger partial charge in [-0.1, -0.05) is 37.9 Å². The van der Waals surface area contributed by atoms with Crippen LogP contribution in [0.4, 0.5) is 25.8 Å². The van der Waals surface area contributed by atoms with E-state index in [0.29, 0.717) is 26.4 Å². The monoisotopic (exact) mass is 661 g/mol. The summed E-state index contributed by atoms with van der Waals surface area (Å²) in [6.07, 6.45) is 0.498. The van der Waals surface area contributed by atoms with Gasteiger partial charge in [-0.2, -0.15) is 0 Å². The van der Waals surface area contributed by atoms with Gasteiger partial charge in [0.1, 0.15) is 5.78 Å². The molecule has 2 aromatic rings. The van der Waals surface area contributed by atoms with Gasteiger partial charge in [0.05, 0.1) is 24.6 Å². The lowest BCUT2D eigenvalue weighted by molar-refractivity contribution is -0.126. The largest absolute Gasteiger partial charge is 0.397 e. The van der Waals surface area contributed by atoms with E-state index in [2.05, 4.69) is 42.5 Å². The van der Waals surface area contributed by atoms with Crippen molar-refractivity contribution in [2.75, 3.05) is 55.9 Å². The first kappa shape index (κ1) is 32.5. The third kappa shape index (κ3) is 12.0. The Kier molecular flexibility index (Phi) is 14.6. The smallest absolute Gasteiger partial charge is 0.248 e. The number of Topliss-reactive ketones (excluding diaryl/α,β-unsaturated/α-hetero) is 1. The van der Waals surface area contributed by atoms with Gasteiger partial charge in [-0.15, -0.1) is 0 Å². The molecule has 1 fully saturated rings. The standard InChI is InChI=1S/C18H24BrF2NO2.C10H15BrN2O/c1-2-24-10-9-22-16-12-15(19)4-3-14(16)11-17(23)13-5-7-18(20,21)8-6-13;1-2-14-6-5-13-10-7-8(11)3-4-9(10)12/h3-4,12-13,22H,2,5-11H2,1H3;3-4,7,13H,2,5-6,12H2,1H3. The summed E-state index contributed by atoms with van der Waals surface area (Å²) in [5, 5.41) is 6.49. The number of halogens is 4. The number of alkyl halides is 2. The van der Waals surface area contributed by atoms with Crippen molar-refractivity contribution in [3.63, 3.8) is 0 Å². The van der Waals surface area contributed by atoms with Crippen LogP contribution in [0.3, 0.4) is 0 Å². The zero-order chi connectivity index (χ0) is 28.0. The molecular weight excluding hydrogens is 624 g/mol. The number of rotatable bonds is 13. The first-order valence-corrected chi connectivity index (χ1v) is 14.6. The van der Waals surface area contributed by atoms with Gasteiger partial charge >= 0.3 is 0 Å². The van der Waals surface area contributed by atoms with E-state index in [0.717, 1.165) is 44.7 Å². The van der Waals surface area contributed by atoms with Crippen LogP contribution in [0.15, 0.2) is 45.3 Å².